The van der Waals surface area contributed by atoms with Gasteiger partial charge in [0.1, 0.15) is 0 Å². The maximum atomic E-state index is 12.9. The fourth-order valence-electron chi connectivity index (χ4n) is 3.17. The van der Waals surface area contributed by atoms with E-state index in [4.69, 9.17) is 0 Å². The number of rotatable bonds is 2. The fraction of sp³-hybridized carbons (Fsp3) is 0.529. The number of ketones is 1. The molecular formula is C17H23NO2. The summed E-state index contributed by atoms with van der Waals surface area (Å²) in [6.07, 6.45) is 1.70. The highest BCUT2D eigenvalue weighted by atomic mass is 16.2. The molecule has 1 fully saturated rings. The van der Waals surface area contributed by atoms with Crippen molar-refractivity contribution >= 4 is 11.7 Å². The van der Waals surface area contributed by atoms with Crippen molar-refractivity contribution in [3.8, 4) is 0 Å². The molecule has 0 spiro atoms. The topological polar surface area (TPSA) is 37.4 Å². The van der Waals surface area contributed by atoms with E-state index in [9.17, 15) is 9.59 Å². The summed E-state index contributed by atoms with van der Waals surface area (Å²) in [6.45, 7) is 10.3. The molecule has 0 N–H and O–H groups in total. The van der Waals surface area contributed by atoms with Gasteiger partial charge in [-0.3, -0.25) is 9.59 Å². The Morgan fingerprint density at radius 3 is 2.15 bits per heavy atom. The Bertz CT molecular complexity index is 549. The molecule has 1 heterocycles. The lowest BCUT2D eigenvalue weighted by Gasteiger charge is -2.24. The molecule has 2 rings (SSSR count). The average Bonchev–Trinajstić information content (AvgIpc) is 2.86. The highest BCUT2D eigenvalue weighted by molar-refractivity contribution is 6.04. The lowest BCUT2D eigenvalue weighted by molar-refractivity contribution is -0.128. The second-order valence-corrected chi connectivity index (χ2v) is 5.87. The van der Waals surface area contributed by atoms with E-state index < -0.39 is 0 Å². The number of Topliss-reactive ketones (excluding diaryl/α,β-unsaturated/α-hetero) is 1. The Balaban J connectivity index is 2.46. The normalized spacial score (nSPS) is 18.4. The summed E-state index contributed by atoms with van der Waals surface area (Å²) in [5.74, 6) is 0.111. The van der Waals surface area contributed by atoms with Crippen molar-refractivity contribution in [1.82, 2.24) is 4.90 Å². The van der Waals surface area contributed by atoms with Gasteiger partial charge in [-0.25, -0.2) is 0 Å². The first-order chi connectivity index (χ1) is 9.34. The second kappa shape index (κ2) is 5.39. The maximum absolute atomic E-state index is 12.9. The molecule has 0 saturated carbocycles. The predicted octanol–water partition coefficient (Wildman–Crippen LogP) is 3.11. The molecule has 0 aliphatic carbocycles. The van der Waals surface area contributed by atoms with Crippen LogP contribution in [0.15, 0.2) is 6.07 Å². The molecule has 1 saturated heterocycles. The van der Waals surface area contributed by atoms with Gasteiger partial charge in [0.25, 0.3) is 0 Å². The van der Waals surface area contributed by atoms with Gasteiger partial charge in [-0.05, 0) is 62.8 Å². The lowest BCUT2D eigenvalue weighted by atomic mass is 9.88. The van der Waals surface area contributed by atoms with Gasteiger partial charge in [0, 0.05) is 19.0 Å². The van der Waals surface area contributed by atoms with Gasteiger partial charge in [-0.2, -0.15) is 0 Å². The van der Waals surface area contributed by atoms with E-state index in [1.807, 2.05) is 27.7 Å². The maximum Gasteiger partial charge on any atom is 0.220 e. The van der Waals surface area contributed by atoms with Crippen LogP contribution in [-0.2, 0) is 4.79 Å². The van der Waals surface area contributed by atoms with Crippen molar-refractivity contribution < 1.29 is 9.59 Å². The van der Waals surface area contributed by atoms with Crippen LogP contribution in [0.4, 0.5) is 0 Å². The quantitative estimate of drug-likeness (QED) is 0.776. The molecule has 0 aromatic heterocycles. The zero-order chi connectivity index (χ0) is 15.0. The number of hydrogen-bond donors (Lipinski definition) is 0. The largest absolute Gasteiger partial charge is 0.333 e. The highest BCUT2D eigenvalue weighted by Gasteiger charge is 2.34. The van der Waals surface area contributed by atoms with Crippen LogP contribution >= 0.6 is 0 Å². The van der Waals surface area contributed by atoms with Gasteiger partial charge in [0.15, 0.2) is 5.78 Å². The van der Waals surface area contributed by atoms with Crippen molar-refractivity contribution in [3.63, 3.8) is 0 Å². The van der Waals surface area contributed by atoms with E-state index in [-0.39, 0.29) is 17.7 Å². The summed E-state index contributed by atoms with van der Waals surface area (Å²) in [5.41, 5.74) is 5.20. The van der Waals surface area contributed by atoms with E-state index in [0.717, 1.165) is 40.7 Å². The Kier molecular flexibility index (Phi) is 3.98. The first kappa shape index (κ1) is 14.8. The third kappa shape index (κ3) is 2.37. The summed E-state index contributed by atoms with van der Waals surface area (Å²) in [7, 11) is 0. The highest BCUT2D eigenvalue weighted by Crippen LogP contribution is 2.27. The van der Waals surface area contributed by atoms with Crippen LogP contribution in [-0.4, -0.2) is 29.2 Å². The van der Waals surface area contributed by atoms with Crippen LogP contribution in [0.3, 0.4) is 0 Å². The minimum atomic E-state index is -0.272. The molecular weight excluding hydrogens is 250 g/mol. The average molecular weight is 273 g/mol. The van der Waals surface area contributed by atoms with Crippen molar-refractivity contribution in [2.75, 3.05) is 6.54 Å². The Labute approximate surface area is 121 Å². The Hall–Kier alpha value is -1.64. The zero-order valence-electron chi connectivity index (χ0n) is 13.0. The molecule has 3 nitrogen and oxygen atoms in total. The van der Waals surface area contributed by atoms with E-state index >= 15 is 0 Å². The van der Waals surface area contributed by atoms with Crippen LogP contribution < -0.4 is 0 Å². The number of hydrogen-bond acceptors (Lipinski definition) is 2. The molecule has 1 amide bonds. The van der Waals surface area contributed by atoms with Crippen LogP contribution in [0.2, 0.25) is 0 Å². The molecule has 108 valence electrons. The van der Waals surface area contributed by atoms with Crippen LogP contribution in [0.5, 0.6) is 0 Å². The SMILES string of the molecule is CC(=O)N1CCCC1C(=O)c1c(C)c(C)cc(C)c1C. The lowest BCUT2D eigenvalue weighted by Crippen LogP contribution is -2.39. The number of nitrogens with zero attached hydrogens (tertiary/aromatic N) is 1. The van der Waals surface area contributed by atoms with Crippen LogP contribution in [0, 0.1) is 27.7 Å². The first-order valence-electron chi connectivity index (χ1n) is 7.23. The van der Waals surface area contributed by atoms with E-state index in [0.29, 0.717) is 6.54 Å². The molecule has 1 atom stereocenters. The number of amides is 1. The van der Waals surface area contributed by atoms with Crippen LogP contribution in [0.1, 0.15) is 52.4 Å². The van der Waals surface area contributed by atoms with E-state index in [1.54, 1.807) is 11.8 Å². The predicted molar refractivity (Wildman–Crippen MR) is 80.1 cm³/mol. The van der Waals surface area contributed by atoms with Gasteiger partial charge in [-0.15, -0.1) is 0 Å². The number of carbonyl (C=O) groups is 2. The second-order valence-electron chi connectivity index (χ2n) is 5.87. The smallest absolute Gasteiger partial charge is 0.220 e. The molecule has 1 unspecified atom stereocenters. The molecule has 1 aromatic rings. The van der Waals surface area contributed by atoms with Crippen molar-refractivity contribution in [3.05, 3.63) is 33.9 Å². The molecule has 1 aliphatic heterocycles. The fourth-order valence-corrected chi connectivity index (χ4v) is 3.17. The molecule has 3 heteroatoms. The number of aryl methyl sites for hydroxylation is 2. The van der Waals surface area contributed by atoms with Gasteiger partial charge in [-0.1, -0.05) is 6.07 Å². The third-order valence-electron chi connectivity index (χ3n) is 4.57. The standard InChI is InChI=1S/C17H23NO2/c1-10-9-11(2)13(4)16(12(10)3)17(20)15-7-6-8-18(15)14(5)19/h9,15H,6-8H2,1-5H3. The van der Waals surface area contributed by atoms with E-state index in [1.165, 1.54) is 0 Å². The summed E-state index contributed by atoms with van der Waals surface area (Å²) < 4.78 is 0. The number of carbonyl (C=O) groups excluding carboxylic acids is 2. The Morgan fingerprint density at radius 2 is 1.65 bits per heavy atom. The first-order valence-corrected chi connectivity index (χ1v) is 7.23. The van der Waals surface area contributed by atoms with E-state index in [2.05, 4.69) is 6.07 Å². The number of benzene rings is 1. The van der Waals surface area contributed by atoms with Crippen molar-refractivity contribution in [2.24, 2.45) is 0 Å². The minimum absolute atomic E-state index is 0.000492. The van der Waals surface area contributed by atoms with Gasteiger partial charge in [0.05, 0.1) is 6.04 Å². The van der Waals surface area contributed by atoms with Gasteiger partial charge >= 0.3 is 0 Å². The summed E-state index contributed by atoms with van der Waals surface area (Å²) in [5, 5.41) is 0. The summed E-state index contributed by atoms with van der Waals surface area (Å²) in [4.78, 5) is 26.3. The molecule has 1 aromatic carbocycles. The van der Waals surface area contributed by atoms with Gasteiger partial charge in [0.2, 0.25) is 5.91 Å². The monoisotopic (exact) mass is 273 g/mol. The minimum Gasteiger partial charge on any atom is -0.333 e. The van der Waals surface area contributed by atoms with Gasteiger partial charge < -0.3 is 4.90 Å². The Morgan fingerprint density at radius 1 is 1.10 bits per heavy atom. The van der Waals surface area contributed by atoms with Crippen molar-refractivity contribution in [2.45, 2.75) is 53.5 Å². The molecule has 0 radical (unpaired) electrons. The summed E-state index contributed by atoms with van der Waals surface area (Å²) >= 11 is 0. The zero-order valence-corrected chi connectivity index (χ0v) is 13.0. The molecule has 1 aliphatic rings. The van der Waals surface area contributed by atoms with Crippen molar-refractivity contribution in [1.29, 1.82) is 0 Å². The third-order valence-corrected chi connectivity index (χ3v) is 4.57. The molecule has 20 heavy (non-hydrogen) atoms. The molecule has 0 bridgehead atoms. The number of likely N-dealkylation sites (tertiary alicyclic amines) is 1. The van der Waals surface area contributed by atoms with Crippen LogP contribution in [0.25, 0.3) is 0 Å². The summed E-state index contributed by atoms with van der Waals surface area (Å²) in [6, 6.07) is 1.85.